The second kappa shape index (κ2) is 68.5. The number of hydrogen-bond donors (Lipinski definition) is 1. The molecular weight excluding hydrogens is 981 g/mol. The number of esters is 2. The van der Waals surface area contributed by atoms with Gasteiger partial charge in [0.2, 0.25) is 0 Å². The normalized spacial score (nSPS) is 13.4. The van der Waals surface area contributed by atoms with Gasteiger partial charge in [-0.1, -0.05) is 293 Å². The highest BCUT2D eigenvalue weighted by atomic mass is 16.6. The molecule has 0 bridgehead atoms. The second-order valence-corrected chi connectivity index (χ2v) is 21.1. The first kappa shape index (κ1) is 75.3. The van der Waals surface area contributed by atoms with Crippen LogP contribution in [0.2, 0.25) is 0 Å². The molecule has 0 saturated carbocycles. The highest BCUT2D eigenvalue weighted by Crippen LogP contribution is 2.15. The van der Waals surface area contributed by atoms with E-state index < -0.39 is 6.10 Å². The predicted molar refractivity (Wildman–Crippen MR) is 352 cm³/mol. The maximum Gasteiger partial charge on any atom is 0.306 e. The van der Waals surface area contributed by atoms with E-state index in [9.17, 15) is 14.7 Å². The Labute approximate surface area is 493 Å². The highest BCUT2D eigenvalue weighted by Gasteiger charge is 2.16. The lowest BCUT2D eigenvalue weighted by atomic mass is 10.0. The molecule has 1 atom stereocenters. The molecule has 0 rings (SSSR count). The molecule has 80 heavy (non-hydrogen) atoms. The molecule has 0 aromatic heterocycles. The van der Waals surface area contributed by atoms with Gasteiger partial charge in [-0.25, -0.2) is 0 Å². The van der Waals surface area contributed by atoms with Crippen LogP contribution in [0.1, 0.15) is 271 Å². The minimum Gasteiger partial charge on any atom is -0.462 e. The third-order valence-electron chi connectivity index (χ3n) is 13.5. The zero-order chi connectivity index (χ0) is 57.6. The van der Waals surface area contributed by atoms with E-state index in [4.69, 9.17) is 9.47 Å². The first-order chi connectivity index (χ1) is 39.6. The number of aliphatic hydroxyl groups is 1. The molecule has 0 spiro atoms. The molecule has 0 saturated heterocycles. The number of ether oxygens (including phenoxy) is 2. The molecule has 0 aliphatic heterocycles. The predicted octanol–water partition coefficient (Wildman–Crippen LogP) is 22.9. The fourth-order valence-electron chi connectivity index (χ4n) is 8.63. The summed E-state index contributed by atoms with van der Waals surface area (Å²) in [7, 11) is 0. The van der Waals surface area contributed by atoms with Crippen LogP contribution in [0.25, 0.3) is 0 Å². The number of allylic oxidation sites excluding steroid dienone is 28. The van der Waals surface area contributed by atoms with Gasteiger partial charge in [-0.05, 0) is 135 Å². The number of carbonyl (C=O) groups excluding carboxylic acids is 2. The van der Waals surface area contributed by atoms with Crippen molar-refractivity contribution in [2.45, 2.75) is 277 Å². The monoisotopic (exact) mass is 1100 g/mol. The largest absolute Gasteiger partial charge is 0.462 e. The lowest BCUT2D eigenvalue weighted by Crippen LogP contribution is -2.28. The molecule has 1 unspecified atom stereocenters. The van der Waals surface area contributed by atoms with Gasteiger partial charge in [0, 0.05) is 12.8 Å². The van der Waals surface area contributed by atoms with Crippen molar-refractivity contribution in [3.63, 3.8) is 0 Å². The van der Waals surface area contributed by atoms with E-state index in [1.54, 1.807) is 0 Å². The molecule has 0 radical (unpaired) electrons. The van der Waals surface area contributed by atoms with Gasteiger partial charge in [-0.2, -0.15) is 0 Å². The quantitative estimate of drug-likeness (QED) is 0.0373. The SMILES string of the molecule is CC/C=C\C/C=C\C/C=C\C/C=C\C/C=C\C/C=C\C/C=C\C/C=C\C/C=C\C/C=C\C/C=C\C/C=C\CCCCCCC(=O)OC(CO)COC(=O)CCCCCCCCCCCCCCC/C=C\C/C=C\CCCCCCC. The van der Waals surface area contributed by atoms with Gasteiger partial charge < -0.3 is 14.6 Å². The van der Waals surface area contributed by atoms with Crippen molar-refractivity contribution < 1.29 is 24.2 Å². The fourth-order valence-corrected chi connectivity index (χ4v) is 8.63. The summed E-state index contributed by atoms with van der Waals surface area (Å²) in [4.78, 5) is 24.6. The molecule has 0 aromatic rings. The van der Waals surface area contributed by atoms with Crippen LogP contribution in [0.4, 0.5) is 0 Å². The molecule has 5 heteroatoms. The summed E-state index contributed by atoms with van der Waals surface area (Å²) in [6.07, 6.45) is 106. The number of hydrogen-bond acceptors (Lipinski definition) is 5. The Morgan fingerprint density at radius 1 is 0.300 bits per heavy atom. The number of aliphatic hydroxyl groups excluding tert-OH is 1. The zero-order valence-corrected chi connectivity index (χ0v) is 51.5. The Balaban J connectivity index is 3.64. The highest BCUT2D eigenvalue weighted by molar-refractivity contribution is 5.70. The summed E-state index contributed by atoms with van der Waals surface area (Å²) in [6.45, 7) is 4.00. The van der Waals surface area contributed by atoms with Crippen molar-refractivity contribution in [1.29, 1.82) is 0 Å². The van der Waals surface area contributed by atoms with Gasteiger partial charge in [0.05, 0.1) is 6.61 Å². The van der Waals surface area contributed by atoms with E-state index in [1.807, 2.05) is 0 Å². The van der Waals surface area contributed by atoms with E-state index in [0.717, 1.165) is 135 Å². The van der Waals surface area contributed by atoms with Gasteiger partial charge in [0.25, 0.3) is 0 Å². The Hall–Kier alpha value is -4.74. The van der Waals surface area contributed by atoms with E-state index in [1.165, 1.54) is 109 Å². The third kappa shape index (κ3) is 65.8. The molecule has 5 nitrogen and oxygen atoms in total. The summed E-state index contributed by atoms with van der Waals surface area (Å²) in [5.74, 6) is -0.627. The molecule has 0 aliphatic rings. The second-order valence-electron chi connectivity index (χ2n) is 21.1. The maximum atomic E-state index is 12.3. The van der Waals surface area contributed by atoms with Crippen molar-refractivity contribution in [2.75, 3.05) is 13.2 Å². The van der Waals surface area contributed by atoms with E-state index in [0.29, 0.717) is 12.8 Å². The van der Waals surface area contributed by atoms with Crippen molar-refractivity contribution in [2.24, 2.45) is 0 Å². The molecule has 450 valence electrons. The Morgan fingerprint density at radius 2 is 0.537 bits per heavy atom. The summed E-state index contributed by atoms with van der Waals surface area (Å²) in [5.41, 5.74) is 0. The topological polar surface area (TPSA) is 72.8 Å². The first-order valence-electron chi connectivity index (χ1n) is 32.7. The van der Waals surface area contributed by atoms with E-state index in [2.05, 4.69) is 184 Å². The lowest BCUT2D eigenvalue weighted by molar-refractivity contribution is -0.161. The Bertz CT molecular complexity index is 1770. The minimum atomic E-state index is -0.799. The van der Waals surface area contributed by atoms with Gasteiger partial charge in [0.1, 0.15) is 6.61 Å². The summed E-state index contributed by atoms with van der Waals surface area (Å²) in [5, 5.41) is 9.68. The third-order valence-corrected chi connectivity index (χ3v) is 13.5. The van der Waals surface area contributed by atoms with E-state index >= 15 is 0 Å². The zero-order valence-electron chi connectivity index (χ0n) is 51.5. The van der Waals surface area contributed by atoms with Gasteiger partial charge in [-0.3, -0.25) is 9.59 Å². The van der Waals surface area contributed by atoms with Crippen LogP contribution in [0.3, 0.4) is 0 Å². The molecule has 0 aromatic carbocycles. The summed E-state index contributed by atoms with van der Waals surface area (Å²) >= 11 is 0. The van der Waals surface area contributed by atoms with E-state index in [-0.39, 0.29) is 25.2 Å². The van der Waals surface area contributed by atoms with Crippen LogP contribution in [0, 0.1) is 0 Å². The van der Waals surface area contributed by atoms with Crippen LogP contribution in [0.15, 0.2) is 170 Å². The maximum absolute atomic E-state index is 12.3. The van der Waals surface area contributed by atoms with Crippen LogP contribution in [0.5, 0.6) is 0 Å². The Morgan fingerprint density at radius 3 is 0.812 bits per heavy atom. The van der Waals surface area contributed by atoms with Crippen molar-refractivity contribution in [3.05, 3.63) is 170 Å². The lowest BCUT2D eigenvalue weighted by Gasteiger charge is -2.15. The summed E-state index contributed by atoms with van der Waals surface area (Å²) in [6, 6.07) is 0. The van der Waals surface area contributed by atoms with Gasteiger partial charge in [-0.15, -0.1) is 0 Å². The summed E-state index contributed by atoms with van der Waals surface area (Å²) < 4.78 is 10.7. The van der Waals surface area contributed by atoms with Crippen molar-refractivity contribution in [3.8, 4) is 0 Å². The average Bonchev–Trinajstić information content (AvgIpc) is 3.46. The van der Waals surface area contributed by atoms with Gasteiger partial charge in [0.15, 0.2) is 6.10 Å². The number of carbonyl (C=O) groups is 2. The van der Waals surface area contributed by atoms with Crippen molar-refractivity contribution >= 4 is 11.9 Å². The Kier molecular flexibility index (Phi) is 64.5. The molecule has 0 fully saturated rings. The molecule has 1 N–H and O–H groups in total. The van der Waals surface area contributed by atoms with Crippen LogP contribution >= 0.6 is 0 Å². The smallest absolute Gasteiger partial charge is 0.306 e. The van der Waals surface area contributed by atoms with Crippen LogP contribution < -0.4 is 0 Å². The number of rotatable bonds is 58. The van der Waals surface area contributed by atoms with Crippen molar-refractivity contribution in [1.82, 2.24) is 0 Å². The minimum absolute atomic E-state index is 0.0858. The average molecular weight is 1100 g/mol. The molecule has 0 amide bonds. The van der Waals surface area contributed by atoms with Crippen LogP contribution in [-0.4, -0.2) is 36.4 Å². The molecule has 0 heterocycles. The first-order valence-corrected chi connectivity index (χ1v) is 32.7. The molecular formula is C75H120O5. The molecule has 0 aliphatic carbocycles. The van der Waals surface area contributed by atoms with Crippen LogP contribution in [-0.2, 0) is 19.1 Å². The number of unbranched alkanes of at least 4 members (excludes halogenated alkanes) is 22. The standard InChI is InChI=1S/C75H120O5/c1-3-5-7-9-11-13-15-17-19-21-23-25-27-29-30-31-32-33-34-35-36-37-38-39-40-41-42-43-44-46-48-50-52-54-56-58-60-62-64-66-68-70-75(78)80-73(71-76)72-79-74(77)69-67-65-63-61-59-57-55-53-51-49-47-45-28-26-24-22-20-18-16-14-12-10-8-6-4-2/h5,7,11,13,16-19,22-25,29-30,32-33,35-36,38-39,41-42,44,46,50,52,56,58,73,76H,3-4,6,8-10,12,14-15,20-21,26-28,31,34,37,40,43,45,47-49,51,53-55,57,59-72H2,1-2H3/b7-5-,13-11-,18-16-,19-17-,24-22-,25-23-,30-29-,33-32-,36-35-,39-38-,42-41-,46-44-,52-50-,58-56-. The fraction of sp³-hybridized carbons (Fsp3) is 0.600. The van der Waals surface area contributed by atoms with Gasteiger partial charge >= 0.3 is 11.9 Å².